The lowest BCUT2D eigenvalue weighted by Crippen LogP contribution is -2.66. The second kappa shape index (κ2) is 24.6. The molecule has 1 spiro atoms. The molecule has 2 bridgehead atoms. The van der Waals surface area contributed by atoms with Crippen LogP contribution in [0.25, 0.3) is 0 Å². The number of rotatable bonds is 11. The molecule has 0 radical (unpaired) electrons. The van der Waals surface area contributed by atoms with Crippen LogP contribution >= 0.6 is 0 Å². The van der Waals surface area contributed by atoms with Gasteiger partial charge in [-0.3, -0.25) is 4.79 Å². The zero-order valence-electron chi connectivity index (χ0n) is 49.9. The van der Waals surface area contributed by atoms with E-state index in [1.165, 1.54) is 14.2 Å². The molecule has 6 fully saturated rings. The molecule has 0 aromatic heterocycles. The fraction of sp³-hybridized carbons (Fsp3) is 0.787. The minimum absolute atomic E-state index is 0.0320. The maximum Gasteiger partial charge on any atom is 0.407 e. The number of Topliss-reactive ketones (excluding diaryl/α,β-unsaturated/α-hetero) is 1. The predicted molar refractivity (Wildman–Crippen MR) is 295 cm³/mol. The Kier molecular flexibility index (Phi) is 18.9. The van der Waals surface area contributed by atoms with Crippen LogP contribution < -0.4 is 11.1 Å². The first-order chi connectivity index (χ1) is 38.6. The lowest BCUT2D eigenvalue weighted by Gasteiger charge is -2.56. The number of carbonyl (C=O) groups excluding carboxylic acids is 3. The number of nitrogens with two attached hydrogens (primary N) is 1. The molecule has 0 aromatic rings. The van der Waals surface area contributed by atoms with Crippen molar-refractivity contribution in [3.05, 3.63) is 58.4 Å². The van der Waals surface area contributed by atoms with E-state index in [9.17, 15) is 35.1 Å². The summed E-state index contributed by atoms with van der Waals surface area (Å²) < 4.78 is 68.4. The minimum atomic E-state index is -1.75. The number of alkyl carbamates (subject to hydrolysis) is 1. The summed E-state index contributed by atoms with van der Waals surface area (Å²) in [6, 6.07) is -0.595. The maximum absolute atomic E-state index is 15.6. The first kappa shape index (κ1) is 62.9. The number of hydrogen-bond acceptors (Lipinski definition) is 20. The third-order valence-corrected chi connectivity index (χ3v) is 19.9. The monoisotopic (exact) mass is 1160 g/mol. The van der Waals surface area contributed by atoms with Gasteiger partial charge in [-0.25, -0.2) is 9.59 Å². The van der Waals surface area contributed by atoms with Crippen molar-refractivity contribution < 1.29 is 92.0 Å². The van der Waals surface area contributed by atoms with Crippen molar-refractivity contribution in [2.75, 3.05) is 20.8 Å². The van der Waals surface area contributed by atoms with E-state index in [2.05, 4.69) is 37.4 Å². The molecule has 9 aliphatic rings. The summed E-state index contributed by atoms with van der Waals surface area (Å²) in [4.78, 5) is 42.6. The predicted octanol–water partition coefficient (Wildman–Crippen LogP) is 5.25. The molecule has 5 heterocycles. The van der Waals surface area contributed by atoms with Gasteiger partial charge in [0.1, 0.15) is 29.6 Å². The Labute approximate surface area is 482 Å². The second-order valence-electron chi connectivity index (χ2n) is 25.8. The zero-order valence-corrected chi connectivity index (χ0v) is 49.9. The second-order valence-corrected chi connectivity index (χ2v) is 25.8. The molecule has 460 valence electrons. The number of aliphatic hydroxyl groups excluding tert-OH is 5. The molecule has 8 N–H and O–H groups in total. The summed E-state index contributed by atoms with van der Waals surface area (Å²) in [5.74, 6) is -4.54. The van der Waals surface area contributed by atoms with E-state index in [0.717, 1.165) is 5.57 Å². The largest absolute Gasteiger partial charge is 0.511 e. The SMILES string of the molecule is COC(=O)N[C@H]1[C@@H](C)O[C@@H](O[C@H]2C/C=C(\C)[C@@H]3C=C[C@@H]4[C@@H](O[C@H]5C[C@@H](O[C@H]6C[C@@H](O)[C@@H](O[C@@H]7C[C@@H](O)[C@@H](OC)[C@H](C)O7)[C@H](C)O6)[C@@H](O)[C@H](C)O5)[C@@H](C)C[C@H](C)[C@H]4[C@]3(C)C(O)=C3C(=O)O[C@]4(C[C@@H](C)C(CO)=C[C@H]4/C=C/2C)C3=O)C[C@]1(C)N. The van der Waals surface area contributed by atoms with Gasteiger partial charge in [0.05, 0.1) is 74.7 Å². The van der Waals surface area contributed by atoms with Gasteiger partial charge in [-0.05, 0) is 96.1 Å². The number of allylic oxidation sites excluding steroid dienone is 3. The van der Waals surface area contributed by atoms with Crippen molar-refractivity contribution in [3.63, 3.8) is 0 Å². The molecule has 1 amide bonds. The van der Waals surface area contributed by atoms with E-state index in [0.29, 0.717) is 24.0 Å². The highest BCUT2D eigenvalue weighted by Crippen LogP contribution is 2.61. The highest BCUT2D eigenvalue weighted by Gasteiger charge is 2.64. The molecular weight excluding hydrogens is 1060 g/mol. The van der Waals surface area contributed by atoms with E-state index in [-0.39, 0.29) is 73.7 Å². The molecule has 0 unspecified atom stereocenters. The smallest absolute Gasteiger partial charge is 0.407 e. The van der Waals surface area contributed by atoms with E-state index in [1.807, 2.05) is 47.6 Å². The Morgan fingerprint density at radius 2 is 1.37 bits per heavy atom. The van der Waals surface area contributed by atoms with Crippen molar-refractivity contribution in [3.8, 4) is 0 Å². The molecule has 9 rings (SSSR count). The van der Waals surface area contributed by atoms with Crippen molar-refractivity contribution in [1.29, 1.82) is 0 Å². The highest BCUT2D eigenvalue weighted by molar-refractivity contribution is 6.26. The van der Waals surface area contributed by atoms with E-state index in [1.54, 1.807) is 26.8 Å². The van der Waals surface area contributed by atoms with Crippen LogP contribution in [0.3, 0.4) is 0 Å². The van der Waals surface area contributed by atoms with Crippen molar-refractivity contribution in [1.82, 2.24) is 5.32 Å². The Morgan fingerprint density at radius 1 is 0.744 bits per heavy atom. The van der Waals surface area contributed by atoms with Gasteiger partial charge in [0.25, 0.3) is 0 Å². The molecule has 82 heavy (non-hydrogen) atoms. The molecule has 21 heteroatoms. The van der Waals surface area contributed by atoms with Crippen molar-refractivity contribution >= 4 is 17.8 Å². The number of methoxy groups -OCH3 is 2. The van der Waals surface area contributed by atoms with Gasteiger partial charge in [-0.1, -0.05) is 63.6 Å². The number of amides is 1. The first-order valence-electron chi connectivity index (χ1n) is 29.7. The quantitative estimate of drug-likeness (QED) is 0.0789. The number of hydrogen-bond donors (Lipinski definition) is 7. The molecule has 21 nitrogen and oxygen atoms in total. The van der Waals surface area contributed by atoms with Gasteiger partial charge >= 0.3 is 12.1 Å². The van der Waals surface area contributed by atoms with Crippen LogP contribution in [0.4, 0.5) is 4.79 Å². The van der Waals surface area contributed by atoms with Crippen LogP contribution in [0.2, 0.25) is 0 Å². The van der Waals surface area contributed by atoms with Gasteiger partial charge < -0.3 is 88.7 Å². The summed E-state index contributed by atoms with van der Waals surface area (Å²) in [5.41, 5.74) is 4.75. The summed E-state index contributed by atoms with van der Waals surface area (Å²) in [5, 5.41) is 60.3. The number of aliphatic hydroxyl groups is 5. The normalized spacial score (nSPS) is 49.4. The lowest BCUT2D eigenvalue weighted by atomic mass is 9.49. The lowest BCUT2D eigenvalue weighted by molar-refractivity contribution is -0.335. The van der Waals surface area contributed by atoms with Crippen LogP contribution in [-0.4, -0.2) is 180 Å². The number of nitrogens with one attached hydrogen (secondary N) is 1. The number of esters is 1. The molecule has 5 saturated heterocycles. The number of fused-ring (bicyclic) bond motifs is 4. The minimum Gasteiger partial charge on any atom is -0.511 e. The van der Waals surface area contributed by atoms with Gasteiger partial charge in [0.15, 0.2) is 30.8 Å². The molecule has 0 aromatic carbocycles. The molecule has 4 aliphatic carbocycles. The average Bonchev–Trinajstić information content (AvgIpc) is 3.56. The van der Waals surface area contributed by atoms with Crippen LogP contribution in [0, 0.1) is 46.8 Å². The van der Waals surface area contributed by atoms with Crippen LogP contribution in [-0.2, 0) is 61.7 Å². The van der Waals surface area contributed by atoms with E-state index in [4.69, 9.17) is 57.8 Å². The Bertz CT molecular complexity index is 2490. The fourth-order valence-corrected chi connectivity index (χ4v) is 15.7. The molecule has 27 atom stereocenters. The Balaban J connectivity index is 1.00. The Hall–Kier alpha value is -3.65. The van der Waals surface area contributed by atoms with Crippen LogP contribution in [0.1, 0.15) is 121 Å². The third-order valence-electron chi connectivity index (χ3n) is 19.9. The van der Waals surface area contributed by atoms with Gasteiger partial charge in [-0.2, -0.15) is 0 Å². The topological polar surface area (TPSA) is 292 Å². The highest BCUT2D eigenvalue weighted by atomic mass is 16.7. The van der Waals surface area contributed by atoms with Crippen LogP contribution in [0.5, 0.6) is 0 Å². The number of ether oxygens (including phenoxy) is 11. The van der Waals surface area contributed by atoms with Crippen LogP contribution in [0.15, 0.2) is 58.4 Å². The fourth-order valence-electron chi connectivity index (χ4n) is 15.7. The summed E-state index contributed by atoms with van der Waals surface area (Å²) in [6.45, 7) is 20.6. The number of carbonyl (C=O) groups is 3. The van der Waals surface area contributed by atoms with Gasteiger partial charge in [-0.15, -0.1) is 0 Å². The Morgan fingerprint density at radius 3 is 2.00 bits per heavy atom. The maximum atomic E-state index is 15.6. The third kappa shape index (κ3) is 11.8. The summed E-state index contributed by atoms with van der Waals surface area (Å²) in [6.07, 6.45) is -1.16. The number of ketones is 1. The average molecular weight is 1160 g/mol. The van der Waals surface area contributed by atoms with Crippen molar-refractivity contribution in [2.24, 2.45) is 52.6 Å². The van der Waals surface area contributed by atoms with Gasteiger partial charge in [0, 0.05) is 67.9 Å². The van der Waals surface area contributed by atoms with Gasteiger partial charge in [0.2, 0.25) is 5.78 Å². The molecule has 1 saturated carbocycles. The van der Waals surface area contributed by atoms with Crippen molar-refractivity contribution in [2.45, 2.75) is 237 Å². The van der Waals surface area contributed by atoms with E-state index < -0.39 is 157 Å². The summed E-state index contributed by atoms with van der Waals surface area (Å²) >= 11 is 0. The first-order valence-corrected chi connectivity index (χ1v) is 29.7. The zero-order chi connectivity index (χ0) is 59.7. The molecular formula is C61H92N2O19. The standard InChI is InChI=1S/C61H92N2O19/c1-27-14-17-42(78-47-25-59(10,62)54(35(9)77-47)63-58(71)73-13)28(2)19-37-20-36(26-64)31(5)24-61(37)56(69)48(57(70)82-61)55(68)60(11)39(27)16-15-38-49(60)29(3)18-30(4)51(38)80-46-23-43(50(67)32(6)74-46)79-44-22-41(66)53(34(8)76-44)81-45-21-40(65)52(72-12)33(7)75-45/h14-16,19-20,29-35,37-47,49-54,64-68H,17-18,21-26,62H2,1-13H3,(H,63,71)/b27-14+,28-19+,55-48?/t29-,30-,31+,32-,33-,34-,35+,37+,38-,39-,40+,41+,42-,43+,44-,45+,46-,47-,49+,50-,51-,52-,53-,54-,59-,60+,61-/m0/s1. The van der Waals surface area contributed by atoms with E-state index >= 15 is 4.79 Å². The summed E-state index contributed by atoms with van der Waals surface area (Å²) in [7, 11) is 2.79. The molecule has 5 aliphatic heterocycles.